The number of carbonyl (C=O) groups is 1. The van der Waals surface area contributed by atoms with E-state index in [9.17, 15) is 4.79 Å². The average molecular weight is 380 g/mol. The molecule has 5 heteroatoms. The molecular weight excluding hydrogens is 350 g/mol. The van der Waals surface area contributed by atoms with Gasteiger partial charge in [0, 0.05) is 32.4 Å². The zero-order valence-corrected chi connectivity index (χ0v) is 16.8. The van der Waals surface area contributed by atoms with E-state index in [0.717, 1.165) is 38.3 Å². The summed E-state index contributed by atoms with van der Waals surface area (Å²) < 4.78 is 6.42. The van der Waals surface area contributed by atoms with Crippen LogP contribution >= 0.6 is 0 Å². The Balaban J connectivity index is 1.64. The highest BCUT2D eigenvalue weighted by Crippen LogP contribution is 2.32. The van der Waals surface area contributed by atoms with Crippen LogP contribution in [0.25, 0.3) is 0 Å². The fourth-order valence-electron chi connectivity index (χ4n) is 4.09. The second-order valence-electron chi connectivity index (χ2n) is 8.10. The van der Waals surface area contributed by atoms with E-state index in [1.807, 2.05) is 35.2 Å². The number of pyridine rings is 1. The summed E-state index contributed by atoms with van der Waals surface area (Å²) in [6, 6.07) is 14.1. The summed E-state index contributed by atoms with van der Waals surface area (Å²) in [4.78, 5) is 21.9. The lowest BCUT2D eigenvalue weighted by Gasteiger charge is -2.41. The largest absolute Gasteiger partial charge is 0.366 e. The molecule has 4 rings (SSSR count). The van der Waals surface area contributed by atoms with Gasteiger partial charge in [0.15, 0.2) is 0 Å². The molecule has 0 radical (unpaired) electrons. The topological polar surface area (TPSA) is 45.7 Å². The molecule has 1 amide bonds. The van der Waals surface area contributed by atoms with Crippen molar-refractivity contribution in [2.75, 3.05) is 31.1 Å². The Morgan fingerprint density at radius 3 is 2.54 bits per heavy atom. The highest BCUT2D eigenvalue weighted by molar-refractivity contribution is 5.99. The van der Waals surface area contributed by atoms with Gasteiger partial charge >= 0.3 is 0 Å². The minimum absolute atomic E-state index is 0.0286. The van der Waals surface area contributed by atoms with Crippen molar-refractivity contribution >= 4 is 11.7 Å². The number of benzene rings is 1. The molecule has 0 unspecified atom stereocenters. The maximum absolute atomic E-state index is 13.1. The summed E-state index contributed by atoms with van der Waals surface area (Å²) in [7, 11) is 0. The Kier molecular flexibility index (Phi) is 5.62. The predicted molar refractivity (Wildman–Crippen MR) is 110 cm³/mol. The van der Waals surface area contributed by atoms with Gasteiger partial charge in [0.2, 0.25) is 0 Å². The second kappa shape index (κ2) is 8.31. The van der Waals surface area contributed by atoms with E-state index in [1.165, 1.54) is 5.56 Å². The van der Waals surface area contributed by atoms with E-state index in [1.54, 1.807) is 6.20 Å². The SMILES string of the molecule is CC(C)[C@H]1CN(c2ncccc2C(=O)N2CCCC2)C[C@@H](c2ccccc2)O1. The van der Waals surface area contributed by atoms with E-state index in [2.05, 4.69) is 35.9 Å². The lowest BCUT2D eigenvalue weighted by Crippen LogP contribution is -2.47. The van der Waals surface area contributed by atoms with Crippen LogP contribution in [-0.2, 0) is 4.74 Å². The maximum atomic E-state index is 13.1. The quantitative estimate of drug-likeness (QED) is 0.808. The van der Waals surface area contributed by atoms with E-state index in [4.69, 9.17) is 4.74 Å². The predicted octanol–water partition coefficient (Wildman–Crippen LogP) is 3.92. The Labute approximate surface area is 167 Å². The Morgan fingerprint density at radius 1 is 1.07 bits per heavy atom. The standard InChI is InChI=1S/C23H29N3O2/c1-17(2)20-15-26(16-21(28-20)18-9-4-3-5-10-18)22-19(11-8-12-24-22)23(27)25-13-6-7-14-25/h3-5,8-12,17,20-21H,6-7,13-16H2,1-2H3/t20-,21+/m1/s1. The monoisotopic (exact) mass is 379 g/mol. The summed E-state index contributed by atoms with van der Waals surface area (Å²) in [6.45, 7) is 7.51. The van der Waals surface area contributed by atoms with Crippen molar-refractivity contribution in [1.29, 1.82) is 0 Å². The molecule has 2 aromatic rings. The van der Waals surface area contributed by atoms with Gasteiger partial charge < -0.3 is 14.5 Å². The summed E-state index contributed by atoms with van der Waals surface area (Å²) in [5, 5.41) is 0. The lowest BCUT2D eigenvalue weighted by molar-refractivity contribution is -0.0501. The minimum atomic E-state index is -0.0286. The van der Waals surface area contributed by atoms with Crippen molar-refractivity contribution in [2.45, 2.75) is 38.9 Å². The van der Waals surface area contributed by atoms with Crippen LogP contribution in [-0.4, -0.2) is 48.1 Å². The number of aromatic nitrogens is 1. The van der Waals surface area contributed by atoms with Crippen molar-refractivity contribution in [3.63, 3.8) is 0 Å². The molecular formula is C23H29N3O2. The van der Waals surface area contributed by atoms with Gasteiger partial charge in [-0.3, -0.25) is 4.79 Å². The number of amides is 1. The number of likely N-dealkylation sites (tertiary alicyclic amines) is 1. The van der Waals surface area contributed by atoms with Gasteiger partial charge in [-0.2, -0.15) is 0 Å². The number of morpholine rings is 1. The average Bonchev–Trinajstić information content (AvgIpc) is 3.28. The van der Waals surface area contributed by atoms with Crippen LogP contribution in [0.3, 0.4) is 0 Å². The first-order valence-electron chi connectivity index (χ1n) is 10.3. The summed E-state index contributed by atoms with van der Waals surface area (Å²) >= 11 is 0. The number of hydrogen-bond acceptors (Lipinski definition) is 4. The van der Waals surface area contributed by atoms with Crippen LogP contribution in [0.15, 0.2) is 48.7 Å². The molecule has 1 aromatic heterocycles. The molecule has 0 spiro atoms. The first-order valence-corrected chi connectivity index (χ1v) is 10.3. The van der Waals surface area contributed by atoms with Gasteiger partial charge in [-0.1, -0.05) is 44.2 Å². The van der Waals surface area contributed by atoms with E-state index in [0.29, 0.717) is 18.0 Å². The molecule has 0 saturated carbocycles. The van der Waals surface area contributed by atoms with E-state index < -0.39 is 0 Å². The summed E-state index contributed by atoms with van der Waals surface area (Å²) in [6.07, 6.45) is 4.03. The number of carbonyl (C=O) groups excluding carboxylic acids is 1. The zero-order valence-electron chi connectivity index (χ0n) is 16.8. The molecule has 0 aliphatic carbocycles. The summed E-state index contributed by atoms with van der Waals surface area (Å²) in [5.74, 6) is 1.27. The Hall–Kier alpha value is -2.40. The minimum Gasteiger partial charge on any atom is -0.366 e. The van der Waals surface area contributed by atoms with Gasteiger partial charge in [0.05, 0.1) is 11.7 Å². The van der Waals surface area contributed by atoms with E-state index in [-0.39, 0.29) is 18.1 Å². The molecule has 2 aliphatic heterocycles. The molecule has 2 aliphatic rings. The van der Waals surface area contributed by atoms with Crippen LogP contribution in [0.2, 0.25) is 0 Å². The van der Waals surface area contributed by atoms with Crippen molar-refractivity contribution in [3.05, 3.63) is 59.8 Å². The van der Waals surface area contributed by atoms with Crippen molar-refractivity contribution < 1.29 is 9.53 Å². The summed E-state index contributed by atoms with van der Waals surface area (Å²) in [5.41, 5.74) is 1.88. The van der Waals surface area contributed by atoms with Crippen molar-refractivity contribution in [1.82, 2.24) is 9.88 Å². The second-order valence-corrected chi connectivity index (χ2v) is 8.10. The highest BCUT2D eigenvalue weighted by atomic mass is 16.5. The van der Waals surface area contributed by atoms with Gasteiger partial charge in [-0.25, -0.2) is 4.98 Å². The third-order valence-corrected chi connectivity index (χ3v) is 5.75. The molecule has 0 bridgehead atoms. The number of nitrogens with zero attached hydrogens (tertiary/aromatic N) is 3. The van der Waals surface area contributed by atoms with Gasteiger partial charge in [-0.05, 0) is 36.5 Å². The highest BCUT2D eigenvalue weighted by Gasteiger charge is 2.33. The Morgan fingerprint density at radius 2 is 1.82 bits per heavy atom. The smallest absolute Gasteiger partial charge is 0.257 e. The van der Waals surface area contributed by atoms with Gasteiger partial charge in [0.25, 0.3) is 5.91 Å². The first-order chi connectivity index (χ1) is 13.6. The molecule has 28 heavy (non-hydrogen) atoms. The Bertz CT molecular complexity index is 803. The van der Waals surface area contributed by atoms with Crippen LogP contribution in [0.5, 0.6) is 0 Å². The molecule has 1 aromatic carbocycles. The van der Waals surface area contributed by atoms with Gasteiger partial charge in [0.1, 0.15) is 11.9 Å². The van der Waals surface area contributed by atoms with Crippen molar-refractivity contribution in [2.24, 2.45) is 5.92 Å². The molecule has 2 atom stereocenters. The van der Waals surface area contributed by atoms with Crippen LogP contribution in [0.4, 0.5) is 5.82 Å². The number of rotatable bonds is 4. The van der Waals surface area contributed by atoms with Crippen LogP contribution in [0, 0.1) is 5.92 Å². The molecule has 2 saturated heterocycles. The van der Waals surface area contributed by atoms with Gasteiger partial charge in [-0.15, -0.1) is 0 Å². The third-order valence-electron chi connectivity index (χ3n) is 5.75. The fraction of sp³-hybridized carbons (Fsp3) is 0.478. The zero-order chi connectivity index (χ0) is 19.5. The molecule has 2 fully saturated rings. The third kappa shape index (κ3) is 3.90. The fourth-order valence-corrected chi connectivity index (χ4v) is 4.09. The molecule has 148 valence electrons. The molecule has 5 nitrogen and oxygen atoms in total. The van der Waals surface area contributed by atoms with E-state index >= 15 is 0 Å². The van der Waals surface area contributed by atoms with Crippen LogP contribution < -0.4 is 4.90 Å². The normalized spacial score (nSPS) is 22.7. The number of ether oxygens (including phenoxy) is 1. The molecule has 3 heterocycles. The lowest BCUT2D eigenvalue weighted by atomic mass is 10.0. The van der Waals surface area contributed by atoms with Crippen molar-refractivity contribution in [3.8, 4) is 0 Å². The number of hydrogen-bond donors (Lipinski definition) is 0. The van der Waals surface area contributed by atoms with Crippen LogP contribution in [0.1, 0.15) is 48.7 Å². The maximum Gasteiger partial charge on any atom is 0.257 e. The number of anilines is 1. The first kappa shape index (κ1) is 18.9. The molecule has 0 N–H and O–H groups in total.